The summed E-state index contributed by atoms with van der Waals surface area (Å²) >= 11 is 0. The van der Waals surface area contributed by atoms with E-state index in [1.54, 1.807) is 0 Å². The van der Waals surface area contributed by atoms with Crippen molar-refractivity contribution in [3.63, 3.8) is 0 Å². The first kappa shape index (κ1) is 13.8. The quantitative estimate of drug-likeness (QED) is 0.616. The topological polar surface area (TPSA) is 101 Å². The lowest BCUT2D eigenvalue weighted by Gasteiger charge is -2.12. The first-order chi connectivity index (χ1) is 8.92. The third-order valence-corrected chi connectivity index (χ3v) is 4.36. The molecule has 0 aromatic heterocycles. The van der Waals surface area contributed by atoms with Crippen LogP contribution in [-0.4, -0.2) is 32.5 Å². The summed E-state index contributed by atoms with van der Waals surface area (Å²) in [7, 11) is -4.11. The lowest BCUT2D eigenvalue weighted by Crippen LogP contribution is -2.36. The van der Waals surface area contributed by atoms with Crippen LogP contribution in [0.1, 0.15) is 6.42 Å². The van der Waals surface area contributed by atoms with Crippen LogP contribution in [0.2, 0.25) is 0 Å². The molecular weight excluding hydrogens is 277 g/mol. The van der Waals surface area contributed by atoms with E-state index < -0.39 is 31.3 Å². The Morgan fingerprint density at radius 3 is 2.79 bits per heavy atom. The van der Waals surface area contributed by atoms with Crippen molar-refractivity contribution in [3.05, 3.63) is 34.1 Å². The van der Waals surface area contributed by atoms with E-state index in [0.717, 1.165) is 18.2 Å². The summed E-state index contributed by atoms with van der Waals surface area (Å²) in [6.45, 7) is 1.11. The van der Waals surface area contributed by atoms with Gasteiger partial charge >= 0.3 is 5.69 Å². The van der Waals surface area contributed by atoms with Crippen LogP contribution in [0, 0.1) is 15.9 Å². The van der Waals surface area contributed by atoms with E-state index in [2.05, 4.69) is 10.0 Å². The lowest BCUT2D eigenvalue weighted by molar-refractivity contribution is -0.390. The number of rotatable bonds is 4. The number of para-hydroxylation sites is 1. The molecule has 0 unspecified atom stereocenters. The van der Waals surface area contributed by atoms with Crippen LogP contribution >= 0.6 is 0 Å². The number of nitro groups is 1. The number of hydrogen-bond donors (Lipinski definition) is 2. The van der Waals surface area contributed by atoms with Crippen LogP contribution in [0.4, 0.5) is 10.1 Å². The molecular formula is C10H12FN3O4S. The van der Waals surface area contributed by atoms with Crippen molar-refractivity contribution in [3.8, 4) is 0 Å². The highest BCUT2D eigenvalue weighted by Gasteiger charge is 2.31. The molecule has 1 aliphatic heterocycles. The first-order valence-electron chi connectivity index (χ1n) is 5.58. The van der Waals surface area contributed by atoms with Gasteiger partial charge in [0.25, 0.3) is 0 Å². The second-order valence-electron chi connectivity index (χ2n) is 4.15. The average molecular weight is 289 g/mol. The van der Waals surface area contributed by atoms with Gasteiger partial charge in [0, 0.05) is 12.6 Å². The third kappa shape index (κ3) is 2.88. The maximum absolute atomic E-state index is 13.4. The van der Waals surface area contributed by atoms with E-state index in [1.807, 2.05) is 0 Å². The molecule has 2 N–H and O–H groups in total. The van der Waals surface area contributed by atoms with Crippen LogP contribution in [0.3, 0.4) is 0 Å². The van der Waals surface area contributed by atoms with Crippen LogP contribution in [0.5, 0.6) is 0 Å². The van der Waals surface area contributed by atoms with Gasteiger partial charge < -0.3 is 5.32 Å². The zero-order chi connectivity index (χ0) is 14.0. The van der Waals surface area contributed by atoms with Crippen molar-refractivity contribution in [2.45, 2.75) is 17.4 Å². The van der Waals surface area contributed by atoms with E-state index in [-0.39, 0.29) is 6.04 Å². The standard InChI is InChI=1S/C10H12FN3O4S/c11-8-2-1-3-9(10(8)14(15)16)19(17,18)13-7-4-5-12-6-7/h1-3,7,12-13H,4-6H2/t7-/m1/s1. The minimum absolute atomic E-state index is 0.340. The van der Waals surface area contributed by atoms with Gasteiger partial charge in [0.05, 0.1) is 4.92 Å². The first-order valence-corrected chi connectivity index (χ1v) is 7.06. The number of halogens is 1. The predicted octanol–water partition coefficient (Wildman–Crippen LogP) is 0.374. The maximum Gasteiger partial charge on any atom is 0.324 e. The molecule has 0 aliphatic carbocycles. The van der Waals surface area contributed by atoms with E-state index in [0.29, 0.717) is 19.5 Å². The van der Waals surface area contributed by atoms with Gasteiger partial charge in [-0.05, 0) is 25.1 Å². The smallest absolute Gasteiger partial charge is 0.315 e. The molecule has 1 heterocycles. The lowest BCUT2D eigenvalue weighted by atomic mass is 10.3. The molecule has 0 saturated carbocycles. The highest BCUT2D eigenvalue weighted by molar-refractivity contribution is 7.89. The molecule has 0 radical (unpaired) electrons. The van der Waals surface area contributed by atoms with Crippen LogP contribution in [-0.2, 0) is 10.0 Å². The number of hydrogen-bond acceptors (Lipinski definition) is 5. The summed E-state index contributed by atoms with van der Waals surface area (Å²) in [5.74, 6) is -1.17. The van der Waals surface area contributed by atoms with E-state index in [9.17, 15) is 22.9 Å². The number of nitrogens with one attached hydrogen (secondary N) is 2. The highest BCUT2D eigenvalue weighted by atomic mass is 32.2. The van der Waals surface area contributed by atoms with Crippen molar-refractivity contribution in [2.24, 2.45) is 0 Å². The van der Waals surface area contributed by atoms with Crippen molar-refractivity contribution >= 4 is 15.7 Å². The molecule has 0 amide bonds. The summed E-state index contributed by atoms with van der Waals surface area (Å²) in [4.78, 5) is 9.11. The minimum atomic E-state index is -4.11. The maximum atomic E-state index is 13.4. The van der Waals surface area contributed by atoms with Gasteiger partial charge in [0.1, 0.15) is 0 Å². The molecule has 1 saturated heterocycles. The van der Waals surface area contributed by atoms with Crippen molar-refractivity contribution < 1.29 is 17.7 Å². The molecule has 0 bridgehead atoms. The normalized spacial score (nSPS) is 19.5. The molecule has 9 heteroatoms. The minimum Gasteiger partial charge on any atom is -0.315 e. The second-order valence-corrected chi connectivity index (χ2v) is 5.84. The molecule has 0 spiro atoms. The third-order valence-electron chi connectivity index (χ3n) is 2.80. The summed E-state index contributed by atoms with van der Waals surface area (Å²) in [6, 6.07) is 2.66. The largest absolute Gasteiger partial charge is 0.324 e. The number of benzene rings is 1. The fourth-order valence-electron chi connectivity index (χ4n) is 1.93. The van der Waals surface area contributed by atoms with Crippen molar-refractivity contribution in [2.75, 3.05) is 13.1 Å². The van der Waals surface area contributed by atoms with Gasteiger partial charge in [-0.2, -0.15) is 4.39 Å². The van der Waals surface area contributed by atoms with Crippen LogP contribution in [0.25, 0.3) is 0 Å². The number of nitrogens with zero attached hydrogens (tertiary/aromatic N) is 1. The van der Waals surface area contributed by atoms with Crippen LogP contribution < -0.4 is 10.0 Å². The summed E-state index contributed by atoms with van der Waals surface area (Å²) < 4.78 is 39.8. The van der Waals surface area contributed by atoms with Gasteiger partial charge in [-0.15, -0.1) is 0 Å². The Kier molecular flexibility index (Phi) is 3.78. The fourth-order valence-corrected chi connectivity index (χ4v) is 3.38. The molecule has 1 atom stereocenters. The van der Waals surface area contributed by atoms with E-state index in [1.165, 1.54) is 0 Å². The Hall–Kier alpha value is -1.58. The van der Waals surface area contributed by atoms with Gasteiger partial charge in [0.15, 0.2) is 4.90 Å². The Bertz CT molecular complexity index is 599. The van der Waals surface area contributed by atoms with Gasteiger partial charge in [0.2, 0.25) is 15.8 Å². The van der Waals surface area contributed by atoms with Crippen LogP contribution in [0.15, 0.2) is 23.1 Å². The molecule has 2 rings (SSSR count). The molecule has 7 nitrogen and oxygen atoms in total. The SMILES string of the molecule is O=[N+]([O-])c1c(F)cccc1S(=O)(=O)N[C@@H]1CCNC1. The van der Waals surface area contributed by atoms with Crippen molar-refractivity contribution in [1.29, 1.82) is 0 Å². The summed E-state index contributed by atoms with van der Waals surface area (Å²) in [5, 5.41) is 13.7. The van der Waals surface area contributed by atoms with Crippen molar-refractivity contribution in [1.82, 2.24) is 10.0 Å². The molecule has 1 aromatic carbocycles. The Labute approximate surface area is 109 Å². The van der Waals surface area contributed by atoms with Gasteiger partial charge in [-0.25, -0.2) is 13.1 Å². The summed E-state index contributed by atoms with van der Waals surface area (Å²) in [5.41, 5.74) is -1.03. The Morgan fingerprint density at radius 2 is 2.21 bits per heavy atom. The Morgan fingerprint density at radius 1 is 1.47 bits per heavy atom. The highest BCUT2D eigenvalue weighted by Crippen LogP contribution is 2.26. The zero-order valence-corrected chi connectivity index (χ0v) is 10.6. The fraction of sp³-hybridized carbons (Fsp3) is 0.400. The monoisotopic (exact) mass is 289 g/mol. The summed E-state index contributed by atoms with van der Waals surface area (Å²) in [6.07, 6.45) is 0.586. The number of sulfonamides is 1. The molecule has 19 heavy (non-hydrogen) atoms. The second kappa shape index (κ2) is 5.19. The van der Waals surface area contributed by atoms with E-state index >= 15 is 0 Å². The van der Waals surface area contributed by atoms with Gasteiger partial charge in [-0.3, -0.25) is 10.1 Å². The molecule has 104 valence electrons. The Balaban J connectivity index is 2.39. The zero-order valence-electron chi connectivity index (χ0n) is 9.80. The average Bonchev–Trinajstić information content (AvgIpc) is 2.80. The molecule has 1 aliphatic rings. The molecule has 1 fully saturated rings. The predicted molar refractivity (Wildman–Crippen MR) is 64.7 cm³/mol. The molecule has 1 aromatic rings. The number of nitro benzene ring substituents is 1. The van der Waals surface area contributed by atoms with E-state index in [4.69, 9.17) is 0 Å². The van der Waals surface area contributed by atoms with Gasteiger partial charge in [-0.1, -0.05) is 6.07 Å².